The number of nitrogens with zero attached hydrogens (tertiary/aromatic N) is 2. The van der Waals surface area contributed by atoms with E-state index in [1.807, 2.05) is 0 Å². The second kappa shape index (κ2) is 8.29. The molecule has 1 fully saturated rings. The van der Waals surface area contributed by atoms with Gasteiger partial charge in [0.2, 0.25) is 0 Å². The number of nitrogens with one attached hydrogen (secondary N) is 1. The van der Waals surface area contributed by atoms with Crippen LogP contribution in [0.5, 0.6) is 0 Å². The summed E-state index contributed by atoms with van der Waals surface area (Å²) in [5, 5.41) is 3.45. The van der Waals surface area contributed by atoms with Gasteiger partial charge in [-0.15, -0.1) is 0 Å². The van der Waals surface area contributed by atoms with Gasteiger partial charge in [-0.25, -0.2) is 4.98 Å². The van der Waals surface area contributed by atoms with Gasteiger partial charge in [-0.1, -0.05) is 49.7 Å². The van der Waals surface area contributed by atoms with Gasteiger partial charge in [0.15, 0.2) is 0 Å². The number of hydrogen-bond donors (Lipinski definition) is 1. The van der Waals surface area contributed by atoms with Crippen LogP contribution in [0.25, 0.3) is 0 Å². The second-order valence-electron chi connectivity index (χ2n) is 6.90. The predicted octanol–water partition coefficient (Wildman–Crippen LogP) is 5.02. The highest BCUT2D eigenvalue weighted by Gasteiger charge is 2.24. The fourth-order valence-electron chi connectivity index (χ4n) is 3.42. The van der Waals surface area contributed by atoms with E-state index in [9.17, 15) is 0 Å². The normalized spacial score (nSPS) is 19.8. The number of anilines is 1. The molecule has 0 aliphatic carbocycles. The Hall–Kier alpha value is -1.87. The Labute approximate surface area is 146 Å². The third-order valence-corrected chi connectivity index (χ3v) is 5.02. The van der Waals surface area contributed by atoms with Gasteiger partial charge in [-0.05, 0) is 49.9 Å². The molecule has 1 aromatic heterocycles. The maximum Gasteiger partial charge on any atom is 0.126 e. The summed E-state index contributed by atoms with van der Waals surface area (Å²) in [6.07, 6.45) is 7.01. The van der Waals surface area contributed by atoms with E-state index in [1.165, 1.54) is 36.9 Å². The largest absolute Gasteiger partial charge is 0.368 e. The second-order valence-corrected chi connectivity index (χ2v) is 6.90. The topological polar surface area (TPSA) is 28.2 Å². The van der Waals surface area contributed by atoms with Gasteiger partial charge < -0.3 is 5.32 Å². The van der Waals surface area contributed by atoms with Crippen molar-refractivity contribution in [3.05, 3.63) is 59.8 Å². The molecule has 0 spiro atoms. The minimum absolute atomic E-state index is 0.465. The lowest BCUT2D eigenvalue weighted by atomic mass is 9.95. The van der Waals surface area contributed by atoms with E-state index >= 15 is 0 Å². The van der Waals surface area contributed by atoms with E-state index in [0.717, 1.165) is 18.8 Å². The molecule has 2 aromatic rings. The summed E-state index contributed by atoms with van der Waals surface area (Å²) in [7, 11) is 0. The Morgan fingerprint density at radius 3 is 2.71 bits per heavy atom. The lowest BCUT2D eigenvalue weighted by molar-refractivity contribution is 0.140. The van der Waals surface area contributed by atoms with Gasteiger partial charge in [-0.2, -0.15) is 0 Å². The lowest BCUT2D eigenvalue weighted by Crippen LogP contribution is -2.33. The minimum Gasteiger partial charge on any atom is -0.368 e. The fraction of sp³-hybridized carbons (Fsp3) is 0.476. The van der Waals surface area contributed by atoms with Crippen molar-refractivity contribution in [2.24, 2.45) is 0 Å². The molecule has 1 aromatic carbocycles. The van der Waals surface area contributed by atoms with E-state index in [2.05, 4.69) is 77.7 Å². The number of likely N-dealkylation sites (tertiary alicyclic amines) is 1. The van der Waals surface area contributed by atoms with E-state index < -0.39 is 0 Å². The smallest absolute Gasteiger partial charge is 0.126 e. The van der Waals surface area contributed by atoms with Crippen LogP contribution < -0.4 is 5.32 Å². The van der Waals surface area contributed by atoms with E-state index in [1.54, 1.807) is 0 Å². The summed E-state index contributed by atoms with van der Waals surface area (Å²) in [6, 6.07) is 16.1. The van der Waals surface area contributed by atoms with Crippen LogP contribution in [0.2, 0.25) is 0 Å². The van der Waals surface area contributed by atoms with Gasteiger partial charge >= 0.3 is 0 Å². The zero-order chi connectivity index (χ0) is 16.8. The summed E-state index contributed by atoms with van der Waals surface area (Å²) >= 11 is 0. The molecule has 24 heavy (non-hydrogen) atoms. The number of rotatable bonds is 6. The summed E-state index contributed by atoms with van der Waals surface area (Å²) in [5.74, 6) is 0.985. The van der Waals surface area contributed by atoms with Crippen LogP contribution in [0, 0.1) is 0 Å². The Bertz CT molecular complexity index is 609. The maximum atomic E-state index is 4.65. The van der Waals surface area contributed by atoms with Gasteiger partial charge in [0, 0.05) is 24.8 Å². The summed E-state index contributed by atoms with van der Waals surface area (Å²) < 4.78 is 0. The van der Waals surface area contributed by atoms with E-state index in [-0.39, 0.29) is 0 Å². The first-order valence-electron chi connectivity index (χ1n) is 9.26. The Morgan fingerprint density at radius 1 is 1.17 bits per heavy atom. The van der Waals surface area contributed by atoms with E-state index in [0.29, 0.717) is 12.1 Å². The zero-order valence-corrected chi connectivity index (χ0v) is 14.9. The van der Waals surface area contributed by atoms with Crippen molar-refractivity contribution in [3.8, 4) is 0 Å². The standard InChI is InChI=1S/C21H29N3/c1-3-17(2)23-21-13-12-19(15-22-21)20-11-7-8-14-24(20)16-18-9-5-4-6-10-18/h4-6,9-10,12-13,15,17,20H,3,7-8,11,14,16H2,1-2H3,(H,22,23)/t17-,20-/m0/s1. The molecule has 0 unspecified atom stereocenters. The van der Waals surface area contributed by atoms with Crippen molar-refractivity contribution in [2.45, 2.75) is 58.2 Å². The van der Waals surface area contributed by atoms with Crippen molar-refractivity contribution in [2.75, 3.05) is 11.9 Å². The molecule has 1 aliphatic rings. The summed E-state index contributed by atoms with van der Waals surface area (Å²) in [4.78, 5) is 7.25. The average Bonchev–Trinajstić information content (AvgIpc) is 2.64. The van der Waals surface area contributed by atoms with Gasteiger partial charge in [0.25, 0.3) is 0 Å². The number of piperidine rings is 1. The molecular weight excluding hydrogens is 294 g/mol. The Morgan fingerprint density at radius 2 is 2.00 bits per heavy atom. The third-order valence-electron chi connectivity index (χ3n) is 5.02. The lowest BCUT2D eigenvalue weighted by Gasteiger charge is -2.36. The first-order valence-corrected chi connectivity index (χ1v) is 9.26. The van der Waals surface area contributed by atoms with Crippen molar-refractivity contribution < 1.29 is 0 Å². The van der Waals surface area contributed by atoms with Crippen LogP contribution in [0.15, 0.2) is 48.7 Å². The molecule has 3 nitrogen and oxygen atoms in total. The molecule has 1 aliphatic heterocycles. The molecule has 0 saturated carbocycles. The van der Waals surface area contributed by atoms with Crippen molar-refractivity contribution in [3.63, 3.8) is 0 Å². The van der Waals surface area contributed by atoms with Crippen LogP contribution in [-0.2, 0) is 6.54 Å². The highest BCUT2D eigenvalue weighted by molar-refractivity contribution is 5.37. The number of aromatic nitrogens is 1. The Balaban J connectivity index is 1.70. The highest BCUT2D eigenvalue weighted by atomic mass is 15.2. The van der Waals surface area contributed by atoms with Crippen LogP contribution in [0.3, 0.4) is 0 Å². The molecule has 0 radical (unpaired) electrons. The monoisotopic (exact) mass is 323 g/mol. The highest BCUT2D eigenvalue weighted by Crippen LogP contribution is 2.32. The first kappa shape index (κ1) is 17.0. The molecule has 1 N–H and O–H groups in total. The van der Waals surface area contributed by atoms with Crippen LogP contribution >= 0.6 is 0 Å². The third kappa shape index (κ3) is 4.35. The van der Waals surface area contributed by atoms with Crippen LogP contribution in [0.1, 0.15) is 56.7 Å². The summed E-state index contributed by atoms with van der Waals surface area (Å²) in [5.41, 5.74) is 2.74. The maximum absolute atomic E-state index is 4.65. The van der Waals surface area contributed by atoms with E-state index in [4.69, 9.17) is 0 Å². The number of benzene rings is 1. The predicted molar refractivity (Wildman–Crippen MR) is 101 cm³/mol. The van der Waals surface area contributed by atoms with Gasteiger partial charge in [0.1, 0.15) is 5.82 Å². The fourth-order valence-corrected chi connectivity index (χ4v) is 3.42. The van der Waals surface area contributed by atoms with Gasteiger partial charge in [-0.3, -0.25) is 4.90 Å². The molecular formula is C21H29N3. The molecule has 3 heteroatoms. The molecule has 0 bridgehead atoms. The minimum atomic E-state index is 0.465. The van der Waals surface area contributed by atoms with Gasteiger partial charge in [0.05, 0.1) is 0 Å². The van der Waals surface area contributed by atoms with Crippen molar-refractivity contribution >= 4 is 5.82 Å². The zero-order valence-electron chi connectivity index (χ0n) is 14.9. The molecule has 3 rings (SSSR count). The average molecular weight is 323 g/mol. The molecule has 1 saturated heterocycles. The number of hydrogen-bond acceptors (Lipinski definition) is 3. The summed E-state index contributed by atoms with van der Waals surface area (Å²) in [6.45, 7) is 6.58. The molecule has 2 atom stereocenters. The quantitative estimate of drug-likeness (QED) is 0.809. The first-order chi connectivity index (χ1) is 11.8. The molecule has 128 valence electrons. The SMILES string of the molecule is CC[C@H](C)Nc1ccc([C@@H]2CCCCN2Cc2ccccc2)cn1. The number of pyridine rings is 1. The molecule has 2 heterocycles. The van der Waals surface area contributed by atoms with Crippen LogP contribution in [-0.4, -0.2) is 22.5 Å². The van der Waals surface area contributed by atoms with Crippen molar-refractivity contribution in [1.29, 1.82) is 0 Å². The Kier molecular flexibility index (Phi) is 5.86. The van der Waals surface area contributed by atoms with Crippen LogP contribution in [0.4, 0.5) is 5.82 Å². The molecule has 0 amide bonds. The van der Waals surface area contributed by atoms with Crippen molar-refractivity contribution in [1.82, 2.24) is 9.88 Å².